The number of rotatable bonds is 5. The van der Waals surface area contributed by atoms with Gasteiger partial charge in [0.05, 0.1) is 40.7 Å². The van der Waals surface area contributed by atoms with Gasteiger partial charge in [0.1, 0.15) is 6.17 Å². The fraction of sp³-hybridized carbons (Fsp3) is 0.143. The number of benzene rings is 1. The van der Waals surface area contributed by atoms with Crippen molar-refractivity contribution >= 4 is 46.0 Å². The summed E-state index contributed by atoms with van der Waals surface area (Å²) >= 11 is 6.39. The van der Waals surface area contributed by atoms with E-state index in [1.54, 1.807) is 35.1 Å². The lowest BCUT2D eigenvalue weighted by atomic mass is 10.0. The Labute approximate surface area is 179 Å². The Morgan fingerprint density at radius 3 is 2.94 bits per heavy atom. The summed E-state index contributed by atoms with van der Waals surface area (Å²) in [4.78, 5) is 20.6. The molecular weight excluding hydrogens is 426 g/mol. The molecule has 0 bridgehead atoms. The number of hydrogen-bond donors (Lipinski definition) is 2. The fourth-order valence-corrected chi connectivity index (χ4v) is 3.75. The molecule has 3 heterocycles. The largest absolute Gasteiger partial charge is 0.309 e. The topological polar surface area (TPSA) is 88.0 Å². The number of anilines is 1. The first-order valence-electron chi connectivity index (χ1n) is 9.41. The number of aromatic nitrogens is 5. The average molecular weight is 441 g/mol. The first-order valence-corrected chi connectivity index (χ1v) is 9.79. The molecule has 5 rings (SSSR count). The van der Waals surface area contributed by atoms with E-state index in [-0.39, 0.29) is 22.8 Å². The van der Waals surface area contributed by atoms with Crippen molar-refractivity contribution in [1.82, 2.24) is 24.6 Å². The number of alkyl halides is 1. The van der Waals surface area contributed by atoms with Crippen molar-refractivity contribution < 1.29 is 13.6 Å². The van der Waals surface area contributed by atoms with E-state index in [0.29, 0.717) is 27.8 Å². The van der Waals surface area contributed by atoms with Crippen LogP contribution in [0.25, 0.3) is 33.9 Å². The SMILES string of the molecule is C=C/C=C/c1c(F)c(Cl)c(-c2cn3cc(NC(=O)[C@@H]4C[C@@H]4F)nc3cn2)c2cn[nH]c12. The van der Waals surface area contributed by atoms with Crippen LogP contribution >= 0.6 is 11.6 Å². The van der Waals surface area contributed by atoms with Crippen LogP contribution in [0.3, 0.4) is 0 Å². The zero-order valence-corrected chi connectivity index (χ0v) is 16.7. The number of imidazole rings is 1. The van der Waals surface area contributed by atoms with Crippen LogP contribution in [0.5, 0.6) is 0 Å². The number of allylic oxidation sites excluding steroid dienone is 2. The number of fused-ring (bicyclic) bond motifs is 2. The predicted octanol–water partition coefficient (Wildman–Crippen LogP) is 4.56. The van der Waals surface area contributed by atoms with Gasteiger partial charge in [0, 0.05) is 22.7 Å². The molecule has 1 amide bonds. The van der Waals surface area contributed by atoms with Crippen LogP contribution in [0.15, 0.2) is 43.5 Å². The maximum absolute atomic E-state index is 15.1. The van der Waals surface area contributed by atoms with Gasteiger partial charge in [-0.05, 0) is 12.5 Å². The van der Waals surface area contributed by atoms with Crippen LogP contribution in [-0.4, -0.2) is 36.6 Å². The third-order valence-corrected chi connectivity index (χ3v) is 5.48. The third-order valence-electron chi connectivity index (χ3n) is 5.12. The standard InChI is InChI=1S/C21H15ClF2N6O/c1-2-3-4-10-19(24)18(22)17(12-6-26-29-20(10)12)14-8-30-9-15(27-16(30)7-25-14)28-21(31)11-5-13(11)23/h2-4,6-9,11,13H,1,5H2,(H,26,29)(H,28,31)/b4-3+/t11-,13+/m1/s1. The second-order valence-corrected chi connectivity index (χ2v) is 7.56. The molecule has 3 aromatic heterocycles. The number of H-pyrrole nitrogens is 1. The second kappa shape index (κ2) is 7.28. The maximum Gasteiger partial charge on any atom is 0.231 e. The van der Waals surface area contributed by atoms with E-state index >= 15 is 4.39 Å². The summed E-state index contributed by atoms with van der Waals surface area (Å²) in [7, 11) is 0. The molecule has 10 heteroatoms. The van der Waals surface area contributed by atoms with Gasteiger partial charge in [0.15, 0.2) is 17.3 Å². The van der Waals surface area contributed by atoms with Crippen molar-refractivity contribution in [3.05, 3.63) is 59.9 Å². The first-order chi connectivity index (χ1) is 15.0. The van der Waals surface area contributed by atoms with Gasteiger partial charge in [0.25, 0.3) is 0 Å². The summed E-state index contributed by atoms with van der Waals surface area (Å²) in [6.45, 7) is 3.59. The quantitative estimate of drug-likeness (QED) is 0.445. The van der Waals surface area contributed by atoms with Gasteiger partial charge in [-0.15, -0.1) is 0 Å². The van der Waals surface area contributed by atoms with Gasteiger partial charge in [0.2, 0.25) is 5.91 Å². The number of halogens is 3. The van der Waals surface area contributed by atoms with Crippen LogP contribution in [-0.2, 0) is 4.79 Å². The van der Waals surface area contributed by atoms with Gasteiger partial charge >= 0.3 is 0 Å². The molecular formula is C21H15ClF2N6O. The van der Waals surface area contributed by atoms with Crippen LogP contribution in [0.4, 0.5) is 14.6 Å². The van der Waals surface area contributed by atoms with Crippen molar-refractivity contribution in [3.63, 3.8) is 0 Å². The van der Waals surface area contributed by atoms with Crippen molar-refractivity contribution in [2.45, 2.75) is 12.6 Å². The summed E-state index contributed by atoms with van der Waals surface area (Å²) in [5.74, 6) is -1.36. The highest BCUT2D eigenvalue weighted by Gasteiger charge is 2.43. The summed E-state index contributed by atoms with van der Waals surface area (Å²) in [6.07, 6.45) is 10.1. The third kappa shape index (κ3) is 3.27. The minimum Gasteiger partial charge on any atom is -0.309 e. The van der Waals surface area contributed by atoms with Gasteiger partial charge in [-0.3, -0.25) is 14.9 Å². The van der Waals surface area contributed by atoms with Gasteiger partial charge < -0.3 is 9.72 Å². The van der Waals surface area contributed by atoms with Crippen LogP contribution < -0.4 is 5.32 Å². The highest BCUT2D eigenvalue weighted by Crippen LogP contribution is 2.39. The fourth-order valence-electron chi connectivity index (χ4n) is 3.45. The number of amides is 1. The van der Waals surface area contributed by atoms with Gasteiger partial charge in [-0.25, -0.2) is 13.8 Å². The van der Waals surface area contributed by atoms with Crippen LogP contribution in [0.2, 0.25) is 5.02 Å². The Balaban J connectivity index is 1.58. The Kier molecular flexibility index (Phi) is 4.55. The maximum atomic E-state index is 15.1. The number of nitrogens with zero attached hydrogens (tertiary/aromatic N) is 4. The monoisotopic (exact) mass is 440 g/mol. The molecule has 1 aliphatic carbocycles. The zero-order chi connectivity index (χ0) is 21.7. The average Bonchev–Trinajstić information content (AvgIpc) is 3.12. The second-order valence-electron chi connectivity index (χ2n) is 7.18. The predicted molar refractivity (Wildman–Crippen MR) is 114 cm³/mol. The van der Waals surface area contributed by atoms with E-state index in [1.165, 1.54) is 12.3 Å². The number of nitrogens with one attached hydrogen (secondary N) is 2. The molecule has 2 N–H and O–H groups in total. The molecule has 1 aliphatic rings. The van der Waals surface area contributed by atoms with E-state index in [2.05, 4.69) is 32.1 Å². The Bertz CT molecular complexity index is 1390. The highest BCUT2D eigenvalue weighted by atomic mass is 35.5. The van der Waals surface area contributed by atoms with Crippen LogP contribution in [0.1, 0.15) is 12.0 Å². The molecule has 4 aromatic rings. The number of hydrogen-bond acceptors (Lipinski definition) is 4. The molecule has 156 valence electrons. The number of carbonyl (C=O) groups is 1. The summed E-state index contributed by atoms with van der Waals surface area (Å²) in [6, 6.07) is 0. The van der Waals surface area contributed by atoms with Crippen molar-refractivity contribution in [2.24, 2.45) is 5.92 Å². The Morgan fingerprint density at radius 2 is 2.19 bits per heavy atom. The van der Waals surface area contributed by atoms with Crippen molar-refractivity contribution in [2.75, 3.05) is 5.32 Å². The molecule has 7 nitrogen and oxygen atoms in total. The molecule has 1 aromatic carbocycles. The highest BCUT2D eigenvalue weighted by molar-refractivity contribution is 6.35. The van der Waals surface area contributed by atoms with E-state index in [9.17, 15) is 9.18 Å². The minimum absolute atomic E-state index is 0.0965. The lowest BCUT2D eigenvalue weighted by Gasteiger charge is -2.10. The van der Waals surface area contributed by atoms with E-state index in [4.69, 9.17) is 11.6 Å². The number of carbonyl (C=O) groups excluding carboxylic acids is 1. The zero-order valence-electron chi connectivity index (χ0n) is 15.9. The summed E-state index contributed by atoms with van der Waals surface area (Å²) in [5.41, 5.74) is 1.96. The Morgan fingerprint density at radius 1 is 1.39 bits per heavy atom. The number of aromatic amines is 1. The molecule has 1 fully saturated rings. The lowest BCUT2D eigenvalue weighted by molar-refractivity contribution is -0.117. The van der Waals surface area contributed by atoms with E-state index in [0.717, 1.165) is 0 Å². The smallest absolute Gasteiger partial charge is 0.231 e. The van der Waals surface area contributed by atoms with Gasteiger partial charge in [-0.2, -0.15) is 5.10 Å². The Hall–Kier alpha value is -3.59. The molecule has 2 atom stereocenters. The molecule has 31 heavy (non-hydrogen) atoms. The van der Waals surface area contributed by atoms with E-state index < -0.39 is 23.8 Å². The first kappa shape index (κ1) is 19.4. The van der Waals surface area contributed by atoms with Crippen molar-refractivity contribution in [1.29, 1.82) is 0 Å². The van der Waals surface area contributed by atoms with Crippen LogP contribution in [0, 0.1) is 11.7 Å². The summed E-state index contributed by atoms with van der Waals surface area (Å²) < 4.78 is 29.8. The lowest BCUT2D eigenvalue weighted by Crippen LogP contribution is -2.15. The van der Waals surface area contributed by atoms with Crippen molar-refractivity contribution in [3.8, 4) is 11.3 Å². The molecule has 0 saturated heterocycles. The molecule has 0 radical (unpaired) electrons. The van der Waals surface area contributed by atoms with Gasteiger partial charge in [-0.1, -0.05) is 30.3 Å². The molecule has 0 aliphatic heterocycles. The molecule has 0 spiro atoms. The summed E-state index contributed by atoms with van der Waals surface area (Å²) in [5, 5.41) is 9.93. The van der Waals surface area contributed by atoms with E-state index in [1.807, 2.05) is 0 Å². The molecule has 0 unspecified atom stereocenters. The normalized spacial score (nSPS) is 18.2. The molecule has 1 saturated carbocycles. The minimum atomic E-state index is -1.09.